The lowest BCUT2D eigenvalue weighted by Crippen LogP contribution is -2.20. The Bertz CT molecular complexity index is 423. The second-order valence-corrected chi connectivity index (χ2v) is 4.63. The van der Waals surface area contributed by atoms with Crippen LogP contribution in [0.3, 0.4) is 0 Å². The Labute approximate surface area is 134 Å². The van der Waals surface area contributed by atoms with Crippen molar-refractivity contribution < 1.29 is 45.4 Å². The summed E-state index contributed by atoms with van der Waals surface area (Å²) in [7, 11) is 0. The van der Waals surface area contributed by atoms with Crippen molar-refractivity contribution in [1.82, 2.24) is 0 Å². The Balaban J connectivity index is 5.70. The molecule has 0 aromatic carbocycles. The van der Waals surface area contributed by atoms with Gasteiger partial charge in [-0.15, -0.1) is 0 Å². The maximum Gasteiger partial charge on any atom is 0.389 e. The molecule has 0 heterocycles. The molecule has 0 fully saturated rings. The molecule has 0 amide bonds. The van der Waals surface area contributed by atoms with Crippen molar-refractivity contribution in [2.24, 2.45) is 0 Å². The molecule has 10 heteroatoms. The number of alkyl halides is 6. The van der Waals surface area contributed by atoms with Crippen LogP contribution in [0.5, 0.6) is 0 Å². The fourth-order valence-corrected chi connectivity index (χ4v) is 1.72. The number of hydrogen-bond acceptors (Lipinski definition) is 4. The first-order chi connectivity index (χ1) is 10.9. The van der Waals surface area contributed by atoms with Gasteiger partial charge >= 0.3 is 24.3 Å². The number of halogens is 6. The van der Waals surface area contributed by atoms with Gasteiger partial charge in [-0.2, -0.15) is 26.3 Å². The molecule has 0 atom stereocenters. The van der Waals surface area contributed by atoms with Gasteiger partial charge in [-0.05, 0) is 26.7 Å². The van der Waals surface area contributed by atoms with E-state index in [1.54, 1.807) is 0 Å². The van der Waals surface area contributed by atoms with E-state index in [9.17, 15) is 35.9 Å². The molecular formula is C14H18F6O4. The number of carbonyl (C=O) groups is 2. The molecule has 140 valence electrons. The van der Waals surface area contributed by atoms with E-state index in [2.05, 4.69) is 9.47 Å². The van der Waals surface area contributed by atoms with Gasteiger partial charge < -0.3 is 9.47 Å². The minimum atomic E-state index is -4.65. The highest BCUT2D eigenvalue weighted by molar-refractivity contribution is 6.00. The van der Waals surface area contributed by atoms with E-state index in [1.807, 2.05) is 0 Å². The Hall–Kier alpha value is -1.74. The van der Waals surface area contributed by atoms with Crippen LogP contribution in [0, 0.1) is 0 Å². The van der Waals surface area contributed by atoms with E-state index < -0.39 is 61.1 Å². The summed E-state index contributed by atoms with van der Waals surface area (Å²) in [5.41, 5.74) is -1.48. The predicted octanol–water partition coefficient (Wildman–Crippen LogP) is 4.09. The van der Waals surface area contributed by atoms with Crippen molar-refractivity contribution in [2.75, 3.05) is 13.2 Å². The summed E-state index contributed by atoms with van der Waals surface area (Å²) in [6, 6.07) is 0. The van der Waals surface area contributed by atoms with E-state index in [-0.39, 0.29) is 13.2 Å². The standard InChI is InChI=1S/C14H18F6O4/c1-3-23-11(21)9(5-7-13(15,16)17)10(12(22)24-4-2)6-8-14(18,19)20/h3-8H2,1-2H3. The summed E-state index contributed by atoms with van der Waals surface area (Å²) >= 11 is 0. The first kappa shape index (κ1) is 22.3. The van der Waals surface area contributed by atoms with Crippen LogP contribution in [-0.2, 0) is 19.1 Å². The fraction of sp³-hybridized carbons (Fsp3) is 0.714. The highest BCUT2D eigenvalue weighted by atomic mass is 19.4. The third kappa shape index (κ3) is 9.41. The summed E-state index contributed by atoms with van der Waals surface area (Å²) in [4.78, 5) is 23.6. The van der Waals surface area contributed by atoms with Crippen molar-refractivity contribution in [3.63, 3.8) is 0 Å². The largest absolute Gasteiger partial charge is 0.463 e. The molecule has 0 radical (unpaired) electrons. The third-order valence-corrected chi connectivity index (χ3v) is 2.72. The second-order valence-electron chi connectivity index (χ2n) is 4.63. The molecular weight excluding hydrogens is 346 g/mol. The molecule has 0 saturated heterocycles. The normalized spacial score (nSPS) is 13.3. The first-order valence-electron chi connectivity index (χ1n) is 7.11. The summed E-state index contributed by atoms with van der Waals surface area (Å²) < 4.78 is 83.4. The van der Waals surface area contributed by atoms with Crippen LogP contribution in [0.15, 0.2) is 11.1 Å². The Kier molecular flexibility index (Phi) is 8.84. The summed E-state index contributed by atoms with van der Waals surface area (Å²) in [5, 5.41) is 0. The lowest BCUT2D eigenvalue weighted by Gasteiger charge is -2.15. The predicted molar refractivity (Wildman–Crippen MR) is 70.9 cm³/mol. The second kappa shape index (κ2) is 9.53. The smallest absolute Gasteiger partial charge is 0.389 e. The van der Waals surface area contributed by atoms with Crippen LogP contribution in [0.1, 0.15) is 39.5 Å². The average Bonchev–Trinajstić information content (AvgIpc) is 2.40. The highest BCUT2D eigenvalue weighted by Gasteiger charge is 2.34. The molecule has 24 heavy (non-hydrogen) atoms. The maximum atomic E-state index is 12.4. The molecule has 0 aliphatic heterocycles. The molecule has 4 nitrogen and oxygen atoms in total. The lowest BCUT2D eigenvalue weighted by molar-refractivity contribution is -0.146. The number of carbonyl (C=O) groups excluding carboxylic acids is 2. The Morgan fingerprint density at radius 3 is 1.21 bits per heavy atom. The Morgan fingerprint density at radius 1 is 0.708 bits per heavy atom. The quantitative estimate of drug-likeness (QED) is 0.370. The molecule has 0 rings (SSSR count). The summed E-state index contributed by atoms with van der Waals surface area (Å²) in [5.74, 6) is -2.51. The number of ether oxygens (including phenoxy) is 2. The van der Waals surface area contributed by atoms with Gasteiger partial charge in [0.15, 0.2) is 0 Å². The topological polar surface area (TPSA) is 52.6 Å². The van der Waals surface area contributed by atoms with Crippen molar-refractivity contribution >= 4 is 11.9 Å². The maximum absolute atomic E-state index is 12.4. The molecule has 0 aliphatic carbocycles. The molecule has 0 saturated carbocycles. The van der Waals surface area contributed by atoms with Gasteiger partial charge in [0.1, 0.15) is 0 Å². The number of hydrogen-bond donors (Lipinski definition) is 0. The summed E-state index contributed by atoms with van der Waals surface area (Å²) in [6.07, 6.45) is -14.2. The molecule has 0 bridgehead atoms. The van der Waals surface area contributed by atoms with Crippen LogP contribution in [-0.4, -0.2) is 37.5 Å². The Morgan fingerprint density at radius 2 is 1.00 bits per heavy atom. The van der Waals surface area contributed by atoms with Crippen molar-refractivity contribution in [3.05, 3.63) is 11.1 Å². The molecule has 0 aromatic rings. The van der Waals surface area contributed by atoms with Crippen LogP contribution in [0.2, 0.25) is 0 Å². The molecule has 0 aliphatic rings. The van der Waals surface area contributed by atoms with Crippen LogP contribution < -0.4 is 0 Å². The zero-order chi connectivity index (χ0) is 19.0. The van der Waals surface area contributed by atoms with Gasteiger partial charge in [0.25, 0.3) is 0 Å². The molecule has 0 aromatic heterocycles. The first-order valence-corrected chi connectivity index (χ1v) is 7.11. The molecule has 0 unspecified atom stereocenters. The fourth-order valence-electron chi connectivity index (χ4n) is 1.72. The van der Waals surface area contributed by atoms with Gasteiger partial charge in [-0.25, -0.2) is 9.59 Å². The molecule has 0 spiro atoms. The van der Waals surface area contributed by atoms with Crippen molar-refractivity contribution in [2.45, 2.75) is 51.9 Å². The number of rotatable bonds is 8. The van der Waals surface area contributed by atoms with Gasteiger partial charge in [-0.3, -0.25) is 0 Å². The SMILES string of the molecule is CCOC(=O)C(CCC(F)(F)F)=C(CCC(F)(F)F)C(=O)OCC. The van der Waals surface area contributed by atoms with Gasteiger partial charge in [-0.1, -0.05) is 0 Å². The van der Waals surface area contributed by atoms with Gasteiger partial charge in [0.05, 0.1) is 13.2 Å². The third-order valence-electron chi connectivity index (χ3n) is 2.72. The van der Waals surface area contributed by atoms with Crippen molar-refractivity contribution in [3.8, 4) is 0 Å². The summed E-state index contributed by atoms with van der Waals surface area (Å²) in [6.45, 7) is 2.34. The minimum absolute atomic E-state index is 0.205. The van der Waals surface area contributed by atoms with Crippen molar-refractivity contribution in [1.29, 1.82) is 0 Å². The van der Waals surface area contributed by atoms with Crippen LogP contribution in [0.25, 0.3) is 0 Å². The average molecular weight is 364 g/mol. The van der Waals surface area contributed by atoms with Crippen LogP contribution in [0.4, 0.5) is 26.3 Å². The van der Waals surface area contributed by atoms with Gasteiger partial charge in [0.2, 0.25) is 0 Å². The zero-order valence-electron chi connectivity index (χ0n) is 13.1. The van der Waals surface area contributed by atoms with E-state index in [4.69, 9.17) is 0 Å². The van der Waals surface area contributed by atoms with Gasteiger partial charge in [0, 0.05) is 24.0 Å². The van der Waals surface area contributed by atoms with E-state index >= 15 is 0 Å². The molecule has 0 N–H and O–H groups in total. The minimum Gasteiger partial charge on any atom is -0.463 e. The van der Waals surface area contributed by atoms with E-state index in [1.165, 1.54) is 13.8 Å². The number of esters is 2. The lowest BCUT2D eigenvalue weighted by atomic mass is 9.99. The van der Waals surface area contributed by atoms with E-state index in [0.717, 1.165) is 0 Å². The zero-order valence-corrected chi connectivity index (χ0v) is 13.1. The van der Waals surface area contributed by atoms with Crippen LogP contribution >= 0.6 is 0 Å². The highest BCUT2D eigenvalue weighted by Crippen LogP contribution is 2.30. The monoisotopic (exact) mass is 364 g/mol. The van der Waals surface area contributed by atoms with E-state index in [0.29, 0.717) is 0 Å².